The van der Waals surface area contributed by atoms with Gasteiger partial charge < -0.3 is 10.6 Å². The largest absolute Gasteiger partial charge is 0.380 e. The van der Waals surface area contributed by atoms with Gasteiger partial charge in [0.1, 0.15) is 5.50 Å². The van der Waals surface area contributed by atoms with Crippen LogP contribution < -0.4 is 10.6 Å². The fourth-order valence-corrected chi connectivity index (χ4v) is 1.38. The molecule has 1 aliphatic rings. The second-order valence-electron chi connectivity index (χ2n) is 2.54. The van der Waals surface area contributed by atoms with Crippen molar-refractivity contribution in [3.8, 4) is 0 Å². The van der Waals surface area contributed by atoms with E-state index >= 15 is 0 Å². The Hall–Kier alpha value is -0.890. The highest BCUT2D eigenvalue weighted by Gasteiger charge is 2.12. The topological polar surface area (TPSA) is 24.1 Å². The van der Waals surface area contributed by atoms with Crippen molar-refractivity contribution in [1.29, 1.82) is 0 Å². The van der Waals surface area contributed by atoms with Crippen LogP contribution in [-0.2, 0) is 0 Å². The standard InChI is InChI=1S/C8H9ClN2/c9-8-5-10-6-3-1-2-4-7(6)11-8/h1-4,8,10-11H,5H2. The van der Waals surface area contributed by atoms with Crippen LogP contribution in [0.3, 0.4) is 0 Å². The van der Waals surface area contributed by atoms with Gasteiger partial charge in [0.2, 0.25) is 0 Å². The highest BCUT2D eigenvalue weighted by molar-refractivity contribution is 6.22. The summed E-state index contributed by atoms with van der Waals surface area (Å²) < 4.78 is 0. The van der Waals surface area contributed by atoms with Gasteiger partial charge in [0.25, 0.3) is 0 Å². The Morgan fingerprint density at radius 1 is 1.27 bits per heavy atom. The van der Waals surface area contributed by atoms with E-state index in [1.807, 2.05) is 24.3 Å². The maximum Gasteiger partial charge on any atom is 0.119 e. The van der Waals surface area contributed by atoms with Gasteiger partial charge in [-0.3, -0.25) is 0 Å². The van der Waals surface area contributed by atoms with E-state index in [2.05, 4.69) is 10.6 Å². The van der Waals surface area contributed by atoms with Crippen molar-refractivity contribution in [2.24, 2.45) is 0 Å². The van der Waals surface area contributed by atoms with E-state index in [4.69, 9.17) is 11.6 Å². The SMILES string of the molecule is ClC1CNc2ccccc2N1. The maximum absolute atomic E-state index is 5.87. The summed E-state index contributed by atoms with van der Waals surface area (Å²) in [5.74, 6) is 0. The first kappa shape index (κ1) is 6.80. The molecule has 1 heterocycles. The van der Waals surface area contributed by atoms with Gasteiger partial charge in [0, 0.05) is 6.54 Å². The summed E-state index contributed by atoms with van der Waals surface area (Å²) in [5, 5.41) is 6.38. The molecule has 1 aromatic carbocycles. The van der Waals surface area contributed by atoms with E-state index in [1.54, 1.807) is 0 Å². The molecule has 1 aromatic rings. The van der Waals surface area contributed by atoms with Crippen LogP contribution in [0.25, 0.3) is 0 Å². The molecule has 2 nitrogen and oxygen atoms in total. The van der Waals surface area contributed by atoms with Crippen LogP contribution in [0.5, 0.6) is 0 Å². The van der Waals surface area contributed by atoms with Crippen molar-refractivity contribution in [1.82, 2.24) is 0 Å². The van der Waals surface area contributed by atoms with Crippen LogP contribution in [0.4, 0.5) is 11.4 Å². The number of para-hydroxylation sites is 2. The lowest BCUT2D eigenvalue weighted by Gasteiger charge is -2.23. The molecule has 3 heteroatoms. The van der Waals surface area contributed by atoms with Crippen LogP contribution in [0.2, 0.25) is 0 Å². The van der Waals surface area contributed by atoms with E-state index in [0.29, 0.717) is 0 Å². The summed E-state index contributed by atoms with van der Waals surface area (Å²) in [7, 11) is 0. The predicted octanol–water partition coefficient (Wildman–Crippen LogP) is 2.09. The summed E-state index contributed by atoms with van der Waals surface area (Å²) in [4.78, 5) is 0. The molecule has 0 bridgehead atoms. The molecular weight excluding hydrogens is 160 g/mol. The molecule has 0 fully saturated rings. The highest BCUT2D eigenvalue weighted by Crippen LogP contribution is 2.25. The zero-order valence-electron chi connectivity index (χ0n) is 5.97. The first-order chi connectivity index (χ1) is 5.36. The van der Waals surface area contributed by atoms with Gasteiger partial charge in [-0.15, -0.1) is 0 Å². The van der Waals surface area contributed by atoms with E-state index in [0.717, 1.165) is 17.9 Å². The molecule has 0 saturated carbocycles. The Labute approximate surface area is 70.6 Å². The summed E-state index contributed by atoms with van der Waals surface area (Å²) in [6.07, 6.45) is 0. The zero-order chi connectivity index (χ0) is 7.68. The monoisotopic (exact) mass is 168 g/mol. The Bertz CT molecular complexity index is 262. The number of hydrogen-bond donors (Lipinski definition) is 2. The number of hydrogen-bond acceptors (Lipinski definition) is 2. The van der Waals surface area contributed by atoms with Gasteiger partial charge in [0.15, 0.2) is 0 Å². The van der Waals surface area contributed by atoms with Crippen molar-refractivity contribution in [2.45, 2.75) is 5.50 Å². The number of fused-ring (bicyclic) bond motifs is 1. The molecule has 0 aliphatic carbocycles. The lowest BCUT2D eigenvalue weighted by atomic mass is 10.2. The van der Waals surface area contributed by atoms with Crippen molar-refractivity contribution in [3.63, 3.8) is 0 Å². The molecule has 2 rings (SSSR count). The molecule has 58 valence electrons. The molecule has 0 aromatic heterocycles. The fraction of sp³-hybridized carbons (Fsp3) is 0.250. The second-order valence-corrected chi connectivity index (χ2v) is 3.07. The first-order valence-corrected chi connectivity index (χ1v) is 4.03. The predicted molar refractivity (Wildman–Crippen MR) is 48.2 cm³/mol. The number of alkyl halides is 1. The molecule has 0 saturated heterocycles. The smallest absolute Gasteiger partial charge is 0.119 e. The number of benzene rings is 1. The van der Waals surface area contributed by atoms with Crippen molar-refractivity contribution < 1.29 is 0 Å². The molecule has 1 atom stereocenters. The van der Waals surface area contributed by atoms with Gasteiger partial charge in [0.05, 0.1) is 11.4 Å². The molecule has 1 unspecified atom stereocenters. The van der Waals surface area contributed by atoms with Crippen LogP contribution >= 0.6 is 11.6 Å². The maximum atomic E-state index is 5.87. The molecule has 0 spiro atoms. The first-order valence-electron chi connectivity index (χ1n) is 3.60. The van der Waals surface area contributed by atoms with Gasteiger partial charge >= 0.3 is 0 Å². The van der Waals surface area contributed by atoms with E-state index in [-0.39, 0.29) is 5.50 Å². The third kappa shape index (κ3) is 1.26. The van der Waals surface area contributed by atoms with Crippen LogP contribution in [0, 0.1) is 0 Å². The molecular formula is C8H9ClN2. The summed E-state index contributed by atoms with van der Waals surface area (Å²) in [5.41, 5.74) is 2.22. The Morgan fingerprint density at radius 2 is 2.00 bits per heavy atom. The quantitative estimate of drug-likeness (QED) is 0.458. The molecule has 0 amide bonds. The normalized spacial score (nSPS) is 21.4. The van der Waals surface area contributed by atoms with Gasteiger partial charge in [-0.05, 0) is 12.1 Å². The average molecular weight is 169 g/mol. The Kier molecular flexibility index (Phi) is 1.62. The Morgan fingerprint density at radius 3 is 2.82 bits per heavy atom. The highest BCUT2D eigenvalue weighted by atomic mass is 35.5. The van der Waals surface area contributed by atoms with E-state index < -0.39 is 0 Å². The summed E-state index contributed by atoms with van der Waals surface area (Å²) >= 11 is 5.87. The van der Waals surface area contributed by atoms with Crippen LogP contribution in [0.15, 0.2) is 24.3 Å². The minimum Gasteiger partial charge on any atom is -0.380 e. The van der Waals surface area contributed by atoms with Crippen molar-refractivity contribution >= 4 is 23.0 Å². The van der Waals surface area contributed by atoms with Crippen molar-refractivity contribution in [3.05, 3.63) is 24.3 Å². The number of halogens is 1. The van der Waals surface area contributed by atoms with Crippen molar-refractivity contribution in [2.75, 3.05) is 17.2 Å². The van der Waals surface area contributed by atoms with Crippen LogP contribution in [-0.4, -0.2) is 12.0 Å². The summed E-state index contributed by atoms with van der Waals surface area (Å²) in [6, 6.07) is 8.03. The lowest BCUT2D eigenvalue weighted by molar-refractivity contribution is 0.973. The van der Waals surface area contributed by atoms with E-state index in [1.165, 1.54) is 0 Å². The average Bonchev–Trinajstić information content (AvgIpc) is 2.04. The van der Waals surface area contributed by atoms with Gasteiger partial charge in [-0.25, -0.2) is 0 Å². The van der Waals surface area contributed by atoms with Gasteiger partial charge in [-0.1, -0.05) is 23.7 Å². The van der Waals surface area contributed by atoms with E-state index in [9.17, 15) is 0 Å². The second kappa shape index (κ2) is 2.62. The lowest BCUT2D eigenvalue weighted by Crippen LogP contribution is -2.27. The minimum atomic E-state index is 0.00454. The number of anilines is 2. The Balaban J connectivity index is 2.34. The summed E-state index contributed by atoms with van der Waals surface area (Å²) in [6.45, 7) is 0.776. The molecule has 11 heavy (non-hydrogen) atoms. The molecule has 2 N–H and O–H groups in total. The van der Waals surface area contributed by atoms with Crippen LogP contribution in [0.1, 0.15) is 0 Å². The fourth-order valence-electron chi connectivity index (χ4n) is 1.18. The number of nitrogens with one attached hydrogen (secondary N) is 2. The molecule has 0 radical (unpaired) electrons. The third-order valence-corrected chi connectivity index (χ3v) is 1.97. The van der Waals surface area contributed by atoms with Gasteiger partial charge in [-0.2, -0.15) is 0 Å². The third-order valence-electron chi connectivity index (χ3n) is 1.71. The molecule has 1 aliphatic heterocycles. The minimum absolute atomic E-state index is 0.00454. The zero-order valence-corrected chi connectivity index (χ0v) is 6.73. The number of rotatable bonds is 0.